The van der Waals surface area contributed by atoms with Crippen LogP contribution in [0.25, 0.3) is 10.9 Å². The van der Waals surface area contributed by atoms with Crippen molar-refractivity contribution in [1.29, 1.82) is 0 Å². The second-order valence-electron chi connectivity index (χ2n) is 9.73. The highest BCUT2D eigenvalue weighted by Crippen LogP contribution is 2.69. The molecule has 2 aliphatic carbocycles. The zero-order valence-corrected chi connectivity index (χ0v) is 18.4. The van der Waals surface area contributed by atoms with Gasteiger partial charge in [0.1, 0.15) is 5.60 Å². The molecule has 2 bridgehead atoms. The molecule has 1 fully saturated rings. The van der Waals surface area contributed by atoms with Crippen LogP contribution in [0.1, 0.15) is 41.8 Å². The maximum Gasteiger partial charge on any atom is 0.166 e. The summed E-state index contributed by atoms with van der Waals surface area (Å²) in [5.74, 6) is 0.904. The Balaban J connectivity index is 1.58. The summed E-state index contributed by atoms with van der Waals surface area (Å²) in [6.07, 6.45) is 4.48. The van der Waals surface area contributed by atoms with Gasteiger partial charge in [-0.2, -0.15) is 0 Å². The zero-order chi connectivity index (χ0) is 21.7. The fraction of sp³-hybridized carbons (Fsp3) is 0.407. The molecule has 0 radical (unpaired) electrons. The van der Waals surface area contributed by atoms with Crippen molar-refractivity contribution in [3.8, 4) is 11.5 Å². The minimum atomic E-state index is -0.419. The summed E-state index contributed by atoms with van der Waals surface area (Å²) in [7, 11) is 0. The predicted molar refractivity (Wildman–Crippen MR) is 123 cm³/mol. The highest BCUT2D eigenvalue weighted by atomic mass is 16.5. The van der Waals surface area contributed by atoms with E-state index < -0.39 is 5.60 Å². The Morgan fingerprint density at radius 2 is 2.19 bits per heavy atom. The number of H-pyrrole nitrogens is 1. The fourth-order valence-corrected chi connectivity index (χ4v) is 7.61. The van der Waals surface area contributed by atoms with Gasteiger partial charge in [0.2, 0.25) is 0 Å². The molecule has 4 aliphatic rings. The van der Waals surface area contributed by atoms with Gasteiger partial charge < -0.3 is 19.6 Å². The van der Waals surface area contributed by atoms with E-state index in [4.69, 9.17) is 9.47 Å². The third-order valence-electron chi connectivity index (χ3n) is 8.61. The van der Waals surface area contributed by atoms with Crippen molar-refractivity contribution < 1.29 is 14.6 Å². The average molecular weight is 429 g/mol. The number of nitrogens with zero attached hydrogens (tertiary/aromatic N) is 1. The quantitative estimate of drug-likeness (QED) is 0.605. The van der Waals surface area contributed by atoms with Gasteiger partial charge in [-0.15, -0.1) is 6.58 Å². The fourth-order valence-electron chi connectivity index (χ4n) is 7.61. The van der Waals surface area contributed by atoms with E-state index in [0.717, 1.165) is 43.6 Å². The first kappa shape index (κ1) is 18.8. The van der Waals surface area contributed by atoms with Crippen molar-refractivity contribution in [3.63, 3.8) is 0 Å². The Kier molecular flexibility index (Phi) is 3.63. The second kappa shape index (κ2) is 6.18. The molecule has 2 aliphatic heterocycles. The van der Waals surface area contributed by atoms with Crippen LogP contribution in [-0.2, 0) is 23.0 Å². The van der Waals surface area contributed by atoms with E-state index in [1.54, 1.807) is 6.07 Å². The number of ether oxygens (including phenoxy) is 2. The summed E-state index contributed by atoms with van der Waals surface area (Å²) >= 11 is 0. The maximum absolute atomic E-state index is 10.8. The number of aromatic amines is 1. The van der Waals surface area contributed by atoms with Gasteiger partial charge in [-0.3, -0.25) is 4.90 Å². The maximum atomic E-state index is 10.8. The van der Waals surface area contributed by atoms with E-state index in [0.29, 0.717) is 12.4 Å². The van der Waals surface area contributed by atoms with Crippen LogP contribution in [0.15, 0.2) is 49.1 Å². The molecule has 2 aromatic carbocycles. The molecule has 3 aromatic rings. The van der Waals surface area contributed by atoms with Crippen LogP contribution in [0, 0.1) is 0 Å². The predicted octanol–water partition coefficient (Wildman–Crippen LogP) is 4.39. The lowest BCUT2D eigenvalue weighted by Gasteiger charge is -2.64. The summed E-state index contributed by atoms with van der Waals surface area (Å²) in [6, 6.07) is 12.7. The van der Waals surface area contributed by atoms with Gasteiger partial charge in [0.15, 0.2) is 17.6 Å². The number of piperidine rings is 1. The lowest BCUT2D eigenvalue weighted by Crippen LogP contribution is -2.75. The molecule has 0 saturated carbocycles. The van der Waals surface area contributed by atoms with Gasteiger partial charge in [0, 0.05) is 48.6 Å². The number of rotatable bonds is 4. The van der Waals surface area contributed by atoms with Crippen LogP contribution in [-0.4, -0.2) is 46.3 Å². The molecule has 164 valence electrons. The van der Waals surface area contributed by atoms with Gasteiger partial charge in [-0.25, -0.2) is 0 Å². The summed E-state index contributed by atoms with van der Waals surface area (Å²) < 4.78 is 13.7. The number of likely N-dealkylation sites (tertiary alicyclic amines) is 1. The van der Waals surface area contributed by atoms with E-state index >= 15 is 0 Å². The lowest BCUT2D eigenvalue weighted by atomic mass is 9.48. The first-order valence-electron chi connectivity index (χ1n) is 11.7. The largest absolute Gasteiger partial charge is 0.504 e. The Labute approximate surface area is 187 Å². The van der Waals surface area contributed by atoms with Crippen molar-refractivity contribution in [2.24, 2.45) is 0 Å². The van der Waals surface area contributed by atoms with Crippen molar-refractivity contribution in [1.82, 2.24) is 9.88 Å². The topological polar surface area (TPSA) is 57.7 Å². The summed E-state index contributed by atoms with van der Waals surface area (Å²) in [5.41, 5.74) is 5.33. The molecule has 2 N–H and O–H groups in total. The Morgan fingerprint density at radius 1 is 1.31 bits per heavy atom. The first-order valence-corrected chi connectivity index (χ1v) is 11.7. The van der Waals surface area contributed by atoms with E-state index in [1.807, 2.05) is 6.08 Å². The van der Waals surface area contributed by atoms with Crippen molar-refractivity contribution in [2.45, 2.75) is 49.3 Å². The zero-order valence-electron chi connectivity index (χ0n) is 18.4. The van der Waals surface area contributed by atoms with Crippen LogP contribution in [0.4, 0.5) is 0 Å². The summed E-state index contributed by atoms with van der Waals surface area (Å²) in [6.45, 7) is 8.60. The Hall–Kier alpha value is -2.76. The summed E-state index contributed by atoms with van der Waals surface area (Å²) in [5, 5.41) is 12.1. The lowest BCUT2D eigenvalue weighted by molar-refractivity contribution is -0.200. The molecule has 1 spiro atoms. The third-order valence-corrected chi connectivity index (χ3v) is 8.61. The molecule has 7 rings (SSSR count). The molecule has 5 nitrogen and oxygen atoms in total. The van der Waals surface area contributed by atoms with E-state index in [1.165, 1.54) is 22.1 Å². The van der Waals surface area contributed by atoms with Gasteiger partial charge in [0.25, 0.3) is 0 Å². The number of hydrogen-bond donors (Lipinski definition) is 2. The van der Waals surface area contributed by atoms with Gasteiger partial charge in [-0.05, 0) is 43.0 Å². The number of aromatic nitrogens is 1. The number of para-hydroxylation sites is 1. The molecule has 1 saturated heterocycles. The number of hydrogen-bond acceptors (Lipinski definition) is 4. The molecule has 1 aromatic heterocycles. The standard InChI is InChI=1S/C27H28N2O3/c1-3-12-29-13-11-26-22-16-9-10-20(30)24(22)32-25(26)23-18(17-7-5-6-8-19(17)28-23)15-27(26,31-4-2)21(29)14-16/h3,5-10,21,25,28,30H,1,4,11-15H2,2H3/t21?,25?,26?,27-/m1/s1. The number of phenolic OH excluding ortho intramolecular Hbond substituents is 1. The number of aromatic hydroxyl groups is 1. The molecular weight excluding hydrogens is 400 g/mol. The van der Waals surface area contributed by atoms with Gasteiger partial charge in [0.05, 0.1) is 11.1 Å². The molecule has 0 amide bonds. The number of phenols is 1. The van der Waals surface area contributed by atoms with Gasteiger partial charge in [-0.1, -0.05) is 30.3 Å². The van der Waals surface area contributed by atoms with E-state index in [9.17, 15) is 5.11 Å². The van der Waals surface area contributed by atoms with Crippen LogP contribution >= 0.6 is 0 Å². The normalized spacial score (nSPS) is 31.8. The third kappa shape index (κ3) is 1.94. The van der Waals surface area contributed by atoms with Crippen LogP contribution in [0.3, 0.4) is 0 Å². The molecule has 3 heterocycles. The van der Waals surface area contributed by atoms with E-state index in [2.05, 4.69) is 53.7 Å². The van der Waals surface area contributed by atoms with Crippen molar-refractivity contribution in [3.05, 3.63) is 71.4 Å². The van der Waals surface area contributed by atoms with Crippen LogP contribution in [0.2, 0.25) is 0 Å². The summed E-state index contributed by atoms with van der Waals surface area (Å²) in [4.78, 5) is 6.26. The number of nitrogens with one attached hydrogen (secondary N) is 1. The number of fused-ring (bicyclic) bond motifs is 4. The average Bonchev–Trinajstić information content (AvgIpc) is 3.33. The monoisotopic (exact) mass is 428 g/mol. The SMILES string of the molecule is C=CCN1CCC23c4c5ccc(O)c4OC2c2[nH]c4ccccc4c2C[C@@]3(OCC)C1C5. The highest BCUT2D eigenvalue weighted by molar-refractivity contribution is 5.86. The Bertz CT molecular complexity index is 1280. The smallest absolute Gasteiger partial charge is 0.166 e. The first-order chi connectivity index (χ1) is 15.6. The molecule has 4 atom stereocenters. The molecular formula is C27H28N2O3. The number of benzene rings is 2. The van der Waals surface area contributed by atoms with E-state index in [-0.39, 0.29) is 23.3 Å². The van der Waals surface area contributed by atoms with Crippen molar-refractivity contribution >= 4 is 10.9 Å². The highest BCUT2D eigenvalue weighted by Gasteiger charge is 2.73. The van der Waals surface area contributed by atoms with Gasteiger partial charge >= 0.3 is 0 Å². The second-order valence-corrected chi connectivity index (χ2v) is 9.73. The minimum Gasteiger partial charge on any atom is -0.504 e. The molecule has 5 heteroatoms. The minimum absolute atomic E-state index is 0.194. The van der Waals surface area contributed by atoms with Crippen LogP contribution < -0.4 is 4.74 Å². The van der Waals surface area contributed by atoms with Crippen molar-refractivity contribution in [2.75, 3.05) is 19.7 Å². The molecule has 3 unspecified atom stereocenters. The Morgan fingerprint density at radius 3 is 3.03 bits per heavy atom. The molecule has 32 heavy (non-hydrogen) atoms. The van der Waals surface area contributed by atoms with Crippen LogP contribution in [0.5, 0.6) is 11.5 Å².